The number of nitrogens with one attached hydrogen (secondary N) is 1. The number of rotatable bonds is 7. The Balaban J connectivity index is 1.34. The Kier molecular flexibility index (Phi) is 5.48. The normalized spacial score (nSPS) is 13.9. The fourth-order valence-corrected chi connectivity index (χ4v) is 4.09. The van der Waals surface area contributed by atoms with Gasteiger partial charge in [0.2, 0.25) is 11.8 Å². The zero-order valence-electron chi connectivity index (χ0n) is 15.4. The van der Waals surface area contributed by atoms with Gasteiger partial charge in [0.25, 0.3) is 0 Å². The molecule has 144 valence electrons. The molecule has 28 heavy (non-hydrogen) atoms. The molecule has 0 spiro atoms. The molecule has 3 heterocycles. The third-order valence-electron chi connectivity index (χ3n) is 4.67. The summed E-state index contributed by atoms with van der Waals surface area (Å²) in [6, 6.07) is 9.90. The quantitative estimate of drug-likeness (QED) is 0.666. The number of thiazole rings is 1. The summed E-state index contributed by atoms with van der Waals surface area (Å²) in [5.74, 6) is 0.0256. The van der Waals surface area contributed by atoms with E-state index in [4.69, 9.17) is 0 Å². The van der Waals surface area contributed by atoms with Crippen LogP contribution in [0.15, 0.2) is 48.1 Å². The van der Waals surface area contributed by atoms with Crippen LogP contribution in [-0.2, 0) is 29.1 Å². The summed E-state index contributed by atoms with van der Waals surface area (Å²) < 4.78 is 1.86. The third kappa shape index (κ3) is 4.28. The Labute approximate surface area is 167 Å². The predicted molar refractivity (Wildman–Crippen MR) is 107 cm³/mol. The SMILES string of the molecule is O=C(Cc1csc(N2CCCC2=O)n1)NCc1ccccc1Cn1cccn1. The number of carbonyl (C=O) groups excluding carboxylic acids is 2. The molecule has 1 saturated heterocycles. The van der Waals surface area contributed by atoms with Gasteiger partial charge in [0.15, 0.2) is 5.13 Å². The molecular weight excluding hydrogens is 374 g/mol. The number of amides is 2. The number of hydrogen-bond acceptors (Lipinski definition) is 5. The van der Waals surface area contributed by atoms with Gasteiger partial charge >= 0.3 is 0 Å². The number of aromatic nitrogens is 3. The zero-order chi connectivity index (χ0) is 19.3. The van der Waals surface area contributed by atoms with E-state index < -0.39 is 0 Å². The molecule has 3 aromatic rings. The molecule has 7 nitrogen and oxygen atoms in total. The fraction of sp³-hybridized carbons (Fsp3) is 0.300. The van der Waals surface area contributed by atoms with Gasteiger partial charge in [-0.1, -0.05) is 24.3 Å². The molecule has 0 aliphatic carbocycles. The number of nitrogens with zero attached hydrogens (tertiary/aromatic N) is 4. The van der Waals surface area contributed by atoms with Crippen LogP contribution in [0, 0.1) is 0 Å². The lowest BCUT2D eigenvalue weighted by Gasteiger charge is -2.11. The minimum absolute atomic E-state index is 0.0847. The fourth-order valence-electron chi connectivity index (χ4n) is 3.23. The maximum atomic E-state index is 12.4. The van der Waals surface area contributed by atoms with E-state index in [1.54, 1.807) is 11.1 Å². The average molecular weight is 395 g/mol. The van der Waals surface area contributed by atoms with E-state index >= 15 is 0 Å². The van der Waals surface area contributed by atoms with Crippen LogP contribution < -0.4 is 10.2 Å². The van der Waals surface area contributed by atoms with Crippen molar-refractivity contribution in [3.05, 3.63) is 64.9 Å². The summed E-state index contributed by atoms with van der Waals surface area (Å²) in [4.78, 5) is 30.3. The van der Waals surface area contributed by atoms with Crippen LogP contribution in [-0.4, -0.2) is 33.1 Å². The number of carbonyl (C=O) groups is 2. The highest BCUT2D eigenvalue weighted by Gasteiger charge is 2.24. The Morgan fingerprint density at radius 1 is 1.21 bits per heavy atom. The summed E-state index contributed by atoms with van der Waals surface area (Å²) in [7, 11) is 0. The van der Waals surface area contributed by atoms with E-state index in [2.05, 4.69) is 15.4 Å². The van der Waals surface area contributed by atoms with E-state index in [1.165, 1.54) is 11.3 Å². The van der Waals surface area contributed by atoms with Crippen LogP contribution in [0.5, 0.6) is 0 Å². The summed E-state index contributed by atoms with van der Waals surface area (Å²) in [6.45, 7) is 1.83. The standard InChI is InChI=1S/C20H21N5O2S/c26-18(11-17-14-28-20(23-17)25-10-3-7-19(25)27)21-12-15-5-1-2-6-16(15)13-24-9-4-8-22-24/h1-2,4-6,8-9,14H,3,7,10-13H2,(H,21,26). The highest BCUT2D eigenvalue weighted by atomic mass is 32.1. The van der Waals surface area contributed by atoms with E-state index in [0.29, 0.717) is 36.9 Å². The molecule has 0 unspecified atom stereocenters. The Morgan fingerprint density at radius 3 is 2.82 bits per heavy atom. The van der Waals surface area contributed by atoms with Gasteiger partial charge in [-0.3, -0.25) is 19.2 Å². The lowest BCUT2D eigenvalue weighted by atomic mass is 10.1. The summed E-state index contributed by atoms with van der Waals surface area (Å²) in [5, 5.41) is 9.75. The van der Waals surface area contributed by atoms with Gasteiger partial charge in [-0.15, -0.1) is 11.3 Å². The molecule has 0 radical (unpaired) electrons. The summed E-state index contributed by atoms with van der Waals surface area (Å²) >= 11 is 1.42. The first-order chi connectivity index (χ1) is 13.7. The Hall–Kier alpha value is -3.00. The smallest absolute Gasteiger partial charge is 0.228 e. The van der Waals surface area contributed by atoms with Gasteiger partial charge in [-0.25, -0.2) is 4.98 Å². The van der Waals surface area contributed by atoms with Crippen molar-refractivity contribution in [1.29, 1.82) is 0 Å². The number of hydrogen-bond donors (Lipinski definition) is 1. The van der Waals surface area contributed by atoms with Crippen molar-refractivity contribution in [2.75, 3.05) is 11.4 Å². The maximum absolute atomic E-state index is 12.4. The topological polar surface area (TPSA) is 80.1 Å². The predicted octanol–water partition coefficient (Wildman–Crippen LogP) is 2.37. The largest absolute Gasteiger partial charge is 0.352 e. The van der Waals surface area contributed by atoms with Crippen molar-refractivity contribution in [3.63, 3.8) is 0 Å². The Bertz CT molecular complexity index is 967. The Morgan fingerprint density at radius 2 is 2.07 bits per heavy atom. The molecule has 8 heteroatoms. The molecule has 1 aliphatic heterocycles. The van der Waals surface area contributed by atoms with Crippen molar-refractivity contribution < 1.29 is 9.59 Å². The molecule has 1 aliphatic rings. The number of anilines is 1. The molecule has 1 N–H and O–H groups in total. The second-order valence-electron chi connectivity index (χ2n) is 6.70. The first-order valence-corrected chi connectivity index (χ1v) is 10.1. The second kappa shape index (κ2) is 8.35. The van der Waals surface area contributed by atoms with E-state index in [0.717, 1.165) is 17.5 Å². The van der Waals surface area contributed by atoms with Crippen LogP contribution in [0.1, 0.15) is 29.7 Å². The van der Waals surface area contributed by atoms with E-state index in [1.807, 2.05) is 46.6 Å². The molecule has 0 saturated carbocycles. The van der Waals surface area contributed by atoms with Crippen molar-refractivity contribution >= 4 is 28.3 Å². The first-order valence-electron chi connectivity index (χ1n) is 9.25. The van der Waals surface area contributed by atoms with Crippen molar-refractivity contribution in [2.45, 2.75) is 32.4 Å². The van der Waals surface area contributed by atoms with E-state index in [-0.39, 0.29) is 18.2 Å². The molecule has 1 aromatic carbocycles. The second-order valence-corrected chi connectivity index (χ2v) is 7.53. The summed E-state index contributed by atoms with van der Waals surface area (Å²) in [6.07, 6.45) is 5.32. The average Bonchev–Trinajstić information content (AvgIpc) is 3.43. The molecule has 4 rings (SSSR count). The molecule has 0 bridgehead atoms. The van der Waals surface area contributed by atoms with Crippen molar-refractivity contribution in [1.82, 2.24) is 20.1 Å². The number of benzene rings is 1. The minimum Gasteiger partial charge on any atom is -0.352 e. The highest BCUT2D eigenvalue weighted by molar-refractivity contribution is 7.14. The van der Waals surface area contributed by atoms with Gasteiger partial charge in [0.1, 0.15) is 0 Å². The maximum Gasteiger partial charge on any atom is 0.228 e. The molecular formula is C20H21N5O2S. The first kappa shape index (κ1) is 18.4. The van der Waals surface area contributed by atoms with Gasteiger partial charge in [-0.2, -0.15) is 5.10 Å². The third-order valence-corrected chi connectivity index (χ3v) is 5.58. The van der Waals surface area contributed by atoms with Crippen molar-refractivity contribution in [2.24, 2.45) is 0 Å². The lowest BCUT2D eigenvalue weighted by Crippen LogP contribution is -2.26. The molecule has 2 amide bonds. The van der Waals surface area contributed by atoms with Gasteiger partial charge in [0, 0.05) is 37.3 Å². The highest BCUT2D eigenvalue weighted by Crippen LogP contribution is 2.25. The van der Waals surface area contributed by atoms with E-state index in [9.17, 15) is 9.59 Å². The molecule has 2 aromatic heterocycles. The molecule has 1 fully saturated rings. The van der Waals surface area contributed by atoms with Gasteiger partial charge in [-0.05, 0) is 23.6 Å². The van der Waals surface area contributed by atoms with Crippen molar-refractivity contribution in [3.8, 4) is 0 Å². The van der Waals surface area contributed by atoms with Crippen LogP contribution in [0.3, 0.4) is 0 Å². The lowest BCUT2D eigenvalue weighted by molar-refractivity contribution is -0.120. The molecule has 0 atom stereocenters. The van der Waals surface area contributed by atoms with Crippen LogP contribution >= 0.6 is 11.3 Å². The van der Waals surface area contributed by atoms with Gasteiger partial charge < -0.3 is 5.32 Å². The van der Waals surface area contributed by atoms with Gasteiger partial charge in [0.05, 0.1) is 18.7 Å². The monoisotopic (exact) mass is 395 g/mol. The van der Waals surface area contributed by atoms with Crippen LogP contribution in [0.25, 0.3) is 0 Å². The minimum atomic E-state index is -0.0847. The van der Waals surface area contributed by atoms with Crippen LogP contribution in [0.4, 0.5) is 5.13 Å². The zero-order valence-corrected chi connectivity index (χ0v) is 16.2. The summed E-state index contributed by atoms with van der Waals surface area (Å²) in [5.41, 5.74) is 2.88. The van der Waals surface area contributed by atoms with Crippen LogP contribution in [0.2, 0.25) is 0 Å².